The second-order valence-electron chi connectivity index (χ2n) is 14.1. The second kappa shape index (κ2) is 20.9. The van der Waals surface area contributed by atoms with Gasteiger partial charge in [-0.1, -0.05) is 131 Å². The van der Waals surface area contributed by atoms with Crippen molar-refractivity contribution in [2.75, 3.05) is 6.61 Å². The van der Waals surface area contributed by atoms with Crippen LogP contribution in [-0.2, 0) is 45.3 Å². The van der Waals surface area contributed by atoms with E-state index in [1.165, 1.54) is 0 Å². The van der Waals surface area contributed by atoms with Gasteiger partial charge in [0.2, 0.25) is 5.91 Å². The van der Waals surface area contributed by atoms with Crippen LogP contribution in [0.25, 0.3) is 0 Å². The quantitative estimate of drug-likeness (QED) is 0.0798. The number of amides is 3. The number of aliphatic hydroxyl groups excluding tert-OH is 1. The zero-order valence-corrected chi connectivity index (χ0v) is 31.6. The average molecular weight is 760 g/mol. The van der Waals surface area contributed by atoms with E-state index in [9.17, 15) is 19.5 Å². The van der Waals surface area contributed by atoms with Crippen LogP contribution in [0.4, 0.5) is 13.6 Å². The topological polar surface area (TPSA) is 135 Å². The molecule has 0 aromatic heterocycles. The van der Waals surface area contributed by atoms with Crippen molar-refractivity contribution in [2.45, 2.75) is 84.1 Å². The first-order valence-electron chi connectivity index (χ1n) is 18.3. The Hall–Kier alpha value is -5.33. The molecule has 0 saturated heterocycles. The maximum atomic E-state index is 16.0. The third-order valence-electron chi connectivity index (χ3n) is 8.98. The number of benzene rings is 4. The van der Waals surface area contributed by atoms with E-state index in [-0.39, 0.29) is 32.2 Å². The number of hydrogen-bond acceptors (Lipinski definition) is 7. The molecule has 0 bridgehead atoms. The first-order valence-corrected chi connectivity index (χ1v) is 18.3. The van der Waals surface area contributed by atoms with Crippen LogP contribution in [0.1, 0.15) is 49.9 Å². The number of ether oxygens (including phenoxy) is 3. The summed E-state index contributed by atoms with van der Waals surface area (Å²) in [5, 5.41) is 18.6. The Morgan fingerprint density at radius 3 is 1.69 bits per heavy atom. The molecule has 4 aromatic rings. The summed E-state index contributed by atoms with van der Waals surface area (Å²) in [6.07, 6.45) is -3.84. The molecular formula is C43H51F2N3O7. The SMILES string of the molecule is CC(C)[C@H](COCc1ccccc1)NC(=O)C(F)(F)C(O)C(Cc1ccc(OCc2ccccc2)cc1)NC(=O)[C@@H](NC(=O)OCc1ccccc1)C(C)C. The Balaban J connectivity index is 1.49. The molecule has 0 aliphatic carbocycles. The number of alkyl halides is 2. The summed E-state index contributed by atoms with van der Waals surface area (Å²) in [6, 6.07) is 30.6. The van der Waals surface area contributed by atoms with E-state index in [4.69, 9.17) is 14.2 Å². The molecule has 10 nitrogen and oxygen atoms in total. The maximum absolute atomic E-state index is 16.0. The van der Waals surface area contributed by atoms with Crippen molar-refractivity contribution in [3.63, 3.8) is 0 Å². The highest BCUT2D eigenvalue weighted by atomic mass is 19.3. The fourth-order valence-electron chi connectivity index (χ4n) is 5.59. The average Bonchev–Trinajstić information content (AvgIpc) is 3.18. The lowest BCUT2D eigenvalue weighted by Crippen LogP contribution is -2.62. The number of aliphatic hydroxyl groups is 1. The normalized spacial score (nSPS) is 13.7. The highest BCUT2D eigenvalue weighted by Gasteiger charge is 2.51. The summed E-state index contributed by atoms with van der Waals surface area (Å²) in [6.45, 7) is 7.26. The Kier molecular flexibility index (Phi) is 16.1. The largest absolute Gasteiger partial charge is 0.489 e. The molecule has 0 spiro atoms. The maximum Gasteiger partial charge on any atom is 0.408 e. The number of halogens is 2. The van der Waals surface area contributed by atoms with Crippen LogP contribution in [0.3, 0.4) is 0 Å². The van der Waals surface area contributed by atoms with Gasteiger partial charge in [-0.2, -0.15) is 8.78 Å². The monoisotopic (exact) mass is 759 g/mol. The molecule has 3 amide bonds. The van der Waals surface area contributed by atoms with E-state index < -0.39 is 54.0 Å². The summed E-state index contributed by atoms with van der Waals surface area (Å²) in [4.78, 5) is 39.7. The first-order chi connectivity index (χ1) is 26.3. The third kappa shape index (κ3) is 13.5. The number of alkyl carbamates (subject to hydrolysis) is 1. The van der Waals surface area contributed by atoms with Crippen LogP contribution in [0.15, 0.2) is 115 Å². The lowest BCUT2D eigenvalue weighted by Gasteiger charge is -2.33. The van der Waals surface area contributed by atoms with Crippen LogP contribution in [-0.4, -0.2) is 59.8 Å². The van der Waals surface area contributed by atoms with Crippen molar-refractivity contribution in [2.24, 2.45) is 11.8 Å². The van der Waals surface area contributed by atoms with Gasteiger partial charge in [-0.05, 0) is 52.6 Å². The van der Waals surface area contributed by atoms with Gasteiger partial charge in [-0.3, -0.25) is 9.59 Å². The number of rotatable bonds is 20. The second-order valence-corrected chi connectivity index (χ2v) is 14.1. The predicted molar refractivity (Wildman–Crippen MR) is 205 cm³/mol. The molecule has 0 radical (unpaired) electrons. The molecule has 2 unspecified atom stereocenters. The van der Waals surface area contributed by atoms with Crippen molar-refractivity contribution in [3.8, 4) is 5.75 Å². The van der Waals surface area contributed by atoms with Gasteiger partial charge in [0.15, 0.2) is 0 Å². The zero-order chi connectivity index (χ0) is 39.8. The van der Waals surface area contributed by atoms with E-state index >= 15 is 8.78 Å². The van der Waals surface area contributed by atoms with Crippen molar-refractivity contribution < 1.29 is 42.5 Å². The van der Waals surface area contributed by atoms with Gasteiger partial charge in [-0.25, -0.2) is 4.79 Å². The molecule has 12 heteroatoms. The lowest BCUT2D eigenvalue weighted by molar-refractivity contribution is -0.169. The summed E-state index contributed by atoms with van der Waals surface area (Å²) < 4.78 is 48.9. The molecule has 0 saturated carbocycles. The minimum absolute atomic E-state index is 0.0502. The van der Waals surface area contributed by atoms with Crippen molar-refractivity contribution >= 4 is 17.9 Å². The van der Waals surface area contributed by atoms with Crippen molar-refractivity contribution in [3.05, 3.63) is 138 Å². The number of nitrogens with one attached hydrogen (secondary N) is 3. The predicted octanol–water partition coefficient (Wildman–Crippen LogP) is 6.60. The molecule has 4 aromatic carbocycles. The zero-order valence-electron chi connectivity index (χ0n) is 31.6. The summed E-state index contributed by atoms with van der Waals surface area (Å²) in [5.74, 6) is -7.18. The fraction of sp³-hybridized carbons (Fsp3) is 0.372. The molecule has 294 valence electrons. The Labute approximate surface area is 321 Å². The Morgan fingerprint density at radius 1 is 0.636 bits per heavy atom. The highest BCUT2D eigenvalue weighted by Crippen LogP contribution is 2.26. The molecule has 4 N–H and O–H groups in total. The van der Waals surface area contributed by atoms with Crippen LogP contribution in [0.2, 0.25) is 0 Å². The molecular weight excluding hydrogens is 708 g/mol. The molecule has 0 aliphatic rings. The van der Waals surface area contributed by atoms with Gasteiger partial charge >= 0.3 is 12.0 Å². The van der Waals surface area contributed by atoms with E-state index in [2.05, 4.69) is 16.0 Å². The first kappa shape index (κ1) is 42.4. The summed E-state index contributed by atoms with van der Waals surface area (Å²) in [7, 11) is 0. The molecule has 55 heavy (non-hydrogen) atoms. The van der Waals surface area contributed by atoms with Gasteiger partial charge in [-0.15, -0.1) is 0 Å². The molecule has 4 atom stereocenters. The number of carbonyl (C=O) groups excluding carboxylic acids is 3. The van der Waals surface area contributed by atoms with Gasteiger partial charge < -0.3 is 35.3 Å². The van der Waals surface area contributed by atoms with Gasteiger partial charge in [0.25, 0.3) is 5.91 Å². The lowest BCUT2D eigenvalue weighted by atomic mass is 9.94. The van der Waals surface area contributed by atoms with Gasteiger partial charge in [0.1, 0.15) is 31.1 Å². The molecule has 0 heterocycles. The molecule has 0 aliphatic heterocycles. The van der Waals surface area contributed by atoms with Gasteiger partial charge in [0, 0.05) is 0 Å². The standard InChI is InChI=1S/C43H51F2N3O7/c1-29(2)37(28-53-25-32-14-8-5-9-15-32)47-41(51)43(44,45)39(49)36(24-31-20-22-35(23-21-31)54-26-33-16-10-6-11-17-33)46-40(50)38(30(3)4)48-42(52)55-27-34-18-12-7-13-19-34/h5-23,29-30,36-39,49H,24-28H2,1-4H3,(H,46,50)(H,47,51)(H,48,52)/t36?,37-,38-,39?/m0/s1. The molecule has 4 rings (SSSR count). The summed E-state index contributed by atoms with van der Waals surface area (Å²) in [5.41, 5.74) is 3.03. The Bertz CT molecular complexity index is 1760. The van der Waals surface area contributed by atoms with Crippen molar-refractivity contribution in [1.29, 1.82) is 0 Å². The molecule has 0 fully saturated rings. The van der Waals surface area contributed by atoms with Crippen molar-refractivity contribution in [1.82, 2.24) is 16.0 Å². The third-order valence-corrected chi connectivity index (χ3v) is 8.98. The van der Waals surface area contributed by atoms with E-state index in [0.29, 0.717) is 17.9 Å². The minimum Gasteiger partial charge on any atom is -0.489 e. The van der Waals surface area contributed by atoms with E-state index in [0.717, 1.165) is 16.7 Å². The summed E-state index contributed by atoms with van der Waals surface area (Å²) >= 11 is 0. The van der Waals surface area contributed by atoms with Gasteiger partial charge in [0.05, 0.1) is 25.3 Å². The van der Waals surface area contributed by atoms with Crippen LogP contribution < -0.4 is 20.7 Å². The number of hydrogen-bond donors (Lipinski definition) is 4. The Morgan fingerprint density at radius 2 is 1.16 bits per heavy atom. The smallest absolute Gasteiger partial charge is 0.408 e. The minimum atomic E-state index is -4.35. The van der Waals surface area contributed by atoms with E-state index in [1.54, 1.807) is 76.2 Å². The van der Waals surface area contributed by atoms with Crippen LogP contribution >= 0.6 is 0 Å². The highest BCUT2D eigenvalue weighted by molar-refractivity contribution is 5.87. The van der Waals surface area contributed by atoms with E-state index in [1.807, 2.05) is 66.7 Å². The fourth-order valence-corrected chi connectivity index (χ4v) is 5.59. The number of carbonyl (C=O) groups is 3. The van der Waals surface area contributed by atoms with Crippen LogP contribution in [0.5, 0.6) is 5.75 Å². The van der Waals surface area contributed by atoms with Crippen LogP contribution in [0, 0.1) is 11.8 Å².